The summed E-state index contributed by atoms with van der Waals surface area (Å²) in [5.74, 6) is 0. The SMILES string of the molecule is Cc1csc(C2COCCN2Cc2cncs2)n1. The first kappa shape index (κ1) is 12.2. The molecule has 0 aliphatic carbocycles. The lowest BCUT2D eigenvalue weighted by molar-refractivity contribution is -0.0123. The summed E-state index contributed by atoms with van der Waals surface area (Å²) in [6.45, 7) is 5.49. The van der Waals surface area contributed by atoms with E-state index in [1.807, 2.05) is 18.6 Å². The van der Waals surface area contributed by atoms with E-state index in [1.54, 1.807) is 22.7 Å². The van der Waals surface area contributed by atoms with Crippen LogP contribution in [0.3, 0.4) is 0 Å². The van der Waals surface area contributed by atoms with Gasteiger partial charge in [-0.05, 0) is 6.92 Å². The van der Waals surface area contributed by atoms with Crippen LogP contribution in [-0.4, -0.2) is 34.6 Å². The molecule has 3 heterocycles. The molecular weight excluding hydrogens is 266 g/mol. The highest BCUT2D eigenvalue weighted by molar-refractivity contribution is 7.10. The summed E-state index contributed by atoms with van der Waals surface area (Å²) in [5.41, 5.74) is 2.98. The minimum atomic E-state index is 0.291. The van der Waals surface area contributed by atoms with Gasteiger partial charge < -0.3 is 4.74 Å². The normalized spacial score (nSPS) is 21.3. The standard InChI is InChI=1S/C12H15N3OS2/c1-9-7-17-12(14-9)11-6-16-3-2-15(11)5-10-4-13-8-18-10/h4,7-8,11H,2-3,5-6H2,1H3. The molecule has 0 spiro atoms. The van der Waals surface area contributed by atoms with Gasteiger partial charge in [0.15, 0.2) is 0 Å². The van der Waals surface area contributed by atoms with Gasteiger partial charge in [0.2, 0.25) is 0 Å². The Hall–Kier alpha value is -0.820. The van der Waals surface area contributed by atoms with Gasteiger partial charge in [-0.15, -0.1) is 22.7 Å². The van der Waals surface area contributed by atoms with Gasteiger partial charge in [-0.25, -0.2) is 4.98 Å². The van der Waals surface area contributed by atoms with Gasteiger partial charge in [-0.2, -0.15) is 0 Å². The highest BCUT2D eigenvalue weighted by Crippen LogP contribution is 2.28. The Morgan fingerprint density at radius 3 is 3.17 bits per heavy atom. The summed E-state index contributed by atoms with van der Waals surface area (Å²) in [4.78, 5) is 12.5. The maximum Gasteiger partial charge on any atom is 0.112 e. The molecule has 1 saturated heterocycles. The summed E-state index contributed by atoms with van der Waals surface area (Å²) < 4.78 is 5.61. The molecule has 1 atom stereocenters. The van der Waals surface area contributed by atoms with Crippen molar-refractivity contribution >= 4 is 22.7 Å². The Labute approximate surface area is 114 Å². The molecule has 0 amide bonds. The summed E-state index contributed by atoms with van der Waals surface area (Å²) in [6, 6.07) is 0.291. The van der Waals surface area contributed by atoms with Crippen molar-refractivity contribution in [2.45, 2.75) is 19.5 Å². The molecule has 0 bridgehead atoms. The lowest BCUT2D eigenvalue weighted by Gasteiger charge is -2.33. The van der Waals surface area contributed by atoms with Crippen LogP contribution < -0.4 is 0 Å². The third-order valence-corrected chi connectivity index (χ3v) is 4.83. The molecular formula is C12H15N3OS2. The average molecular weight is 281 g/mol. The molecule has 0 saturated carbocycles. The van der Waals surface area contributed by atoms with Gasteiger partial charge in [-0.1, -0.05) is 0 Å². The van der Waals surface area contributed by atoms with Crippen LogP contribution in [0.15, 0.2) is 17.1 Å². The van der Waals surface area contributed by atoms with Crippen LogP contribution in [0.5, 0.6) is 0 Å². The van der Waals surface area contributed by atoms with Crippen LogP contribution in [0.4, 0.5) is 0 Å². The van der Waals surface area contributed by atoms with Gasteiger partial charge in [0.25, 0.3) is 0 Å². The molecule has 6 heteroatoms. The zero-order valence-corrected chi connectivity index (χ0v) is 11.8. The number of nitrogens with zero attached hydrogens (tertiary/aromatic N) is 3. The maximum atomic E-state index is 5.61. The van der Waals surface area contributed by atoms with Crippen molar-refractivity contribution in [1.29, 1.82) is 0 Å². The Kier molecular flexibility index (Phi) is 3.69. The van der Waals surface area contributed by atoms with Crippen LogP contribution in [0.2, 0.25) is 0 Å². The van der Waals surface area contributed by atoms with Crippen molar-refractivity contribution in [3.8, 4) is 0 Å². The number of hydrogen-bond donors (Lipinski definition) is 0. The fourth-order valence-electron chi connectivity index (χ4n) is 2.10. The number of thiazole rings is 2. The minimum absolute atomic E-state index is 0.291. The van der Waals surface area contributed by atoms with Crippen molar-refractivity contribution in [1.82, 2.24) is 14.9 Å². The van der Waals surface area contributed by atoms with E-state index in [0.29, 0.717) is 6.04 Å². The first-order valence-electron chi connectivity index (χ1n) is 5.94. The van der Waals surface area contributed by atoms with E-state index >= 15 is 0 Å². The molecule has 4 nitrogen and oxygen atoms in total. The minimum Gasteiger partial charge on any atom is -0.378 e. The molecule has 1 aliphatic heterocycles. The van der Waals surface area contributed by atoms with E-state index in [2.05, 4.69) is 20.2 Å². The Morgan fingerprint density at radius 2 is 2.44 bits per heavy atom. The van der Waals surface area contributed by atoms with Crippen LogP contribution >= 0.6 is 22.7 Å². The number of aryl methyl sites for hydroxylation is 1. The van der Waals surface area contributed by atoms with E-state index in [1.165, 1.54) is 4.88 Å². The molecule has 0 N–H and O–H groups in total. The molecule has 1 unspecified atom stereocenters. The number of morpholine rings is 1. The second-order valence-electron chi connectivity index (χ2n) is 4.36. The molecule has 0 radical (unpaired) electrons. The second kappa shape index (κ2) is 5.44. The molecule has 96 valence electrons. The van der Waals surface area contributed by atoms with Gasteiger partial charge in [0.05, 0.1) is 24.8 Å². The fourth-order valence-corrected chi connectivity index (χ4v) is 3.63. The number of ether oxygens (including phenoxy) is 1. The van der Waals surface area contributed by atoms with Gasteiger partial charge in [-0.3, -0.25) is 9.88 Å². The number of aromatic nitrogens is 2. The van der Waals surface area contributed by atoms with Crippen molar-refractivity contribution in [2.75, 3.05) is 19.8 Å². The Morgan fingerprint density at radius 1 is 1.50 bits per heavy atom. The molecule has 3 rings (SSSR count). The van der Waals surface area contributed by atoms with Crippen molar-refractivity contribution in [2.24, 2.45) is 0 Å². The monoisotopic (exact) mass is 281 g/mol. The molecule has 0 aromatic carbocycles. The maximum absolute atomic E-state index is 5.61. The topological polar surface area (TPSA) is 38.2 Å². The predicted octanol–water partition coefficient (Wildman–Crippen LogP) is 2.48. The van der Waals surface area contributed by atoms with E-state index in [4.69, 9.17) is 4.74 Å². The Balaban J connectivity index is 1.77. The van der Waals surface area contributed by atoms with Crippen LogP contribution in [0, 0.1) is 6.92 Å². The second-order valence-corrected chi connectivity index (χ2v) is 6.22. The number of rotatable bonds is 3. The van der Waals surface area contributed by atoms with Crippen molar-refractivity contribution in [3.63, 3.8) is 0 Å². The fraction of sp³-hybridized carbons (Fsp3) is 0.500. The zero-order chi connectivity index (χ0) is 12.4. The first-order chi connectivity index (χ1) is 8.83. The van der Waals surface area contributed by atoms with E-state index in [-0.39, 0.29) is 0 Å². The first-order valence-corrected chi connectivity index (χ1v) is 7.70. The Bertz CT molecular complexity index is 497. The molecule has 1 aliphatic rings. The lowest BCUT2D eigenvalue weighted by Crippen LogP contribution is -2.38. The molecule has 2 aromatic rings. The summed E-state index contributed by atoms with van der Waals surface area (Å²) >= 11 is 3.44. The number of hydrogen-bond acceptors (Lipinski definition) is 6. The molecule has 18 heavy (non-hydrogen) atoms. The smallest absolute Gasteiger partial charge is 0.112 e. The highest BCUT2D eigenvalue weighted by Gasteiger charge is 2.27. The summed E-state index contributed by atoms with van der Waals surface area (Å²) in [5, 5.41) is 3.27. The third kappa shape index (κ3) is 2.61. The van der Waals surface area contributed by atoms with Gasteiger partial charge >= 0.3 is 0 Å². The molecule has 2 aromatic heterocycles. The van der Waals surface area contributed by atoms with E-state index in [9.17, 15) is 0 Å². The van der Waals surface area contributed by atoms with Crippen LogP contribution in [-0.2, 0) is 11.3 Å². The highest BCUT2D eigenvalue weighted by atomic mass is 32.1. The quantitative estimate of drug-likeness (QED) is 0.866. The van der Waals surface area contributed by atoms with E-state index in [0.717, 1.165) is 37.0 Å². The van der Waals surface area contributed by atoms with Gasteiger partial charge in [0.1, 0.15) is 5.01 Å². The van der Waals surface area contributed by atoms with Crippen LogP contribution in [0.25, 0.3) is 0 Å². The predicted molar refractivity (Wildman–Crippen MR) is 72.9 cm³/mol. The third-order valence-electron chi connectivity index (χ3n) is 3.00. The zero-order valence-electron chi connectivity index (χ0n) is 10.2. The average Bonchev–Trinajstić information content (AvgIpc) is 3.02. The van der Waals surface area contributed by atoms with Crippen molar-refractivity contribution in [3.05, 3.63) is 32.7 Å². The van der Waals surface area contributed by atoms with Gasteiger partial charge in [0, 0.05) is 35.2 Å². The molecule has 1 fully saturated rings. The summed E-state index contributed by atoms with van der Waals surface area (Å²) in [6.07, 6.45) is 1.95. The van der Waals surface area contributed by atoms with E-state index < -0.39 is 0 Å². The van der Waals surface area contributed by atoms with Crippen molar-refractivity contribution < 1.29 is 4.74 Å². The lowest BCUT2D eigenvalue weighted by atomic mass is 10.2. The summed E-state index contributed by atoms with van der Waals surface area (Å²) in [7, 11) is 0. The largest absolute Gasteiger partial charge is 0.378 e. The van der Waals surface area contributed by atoms with Crippen LogP contribution in [0.1, 0.15) is 21.6 Å².